The first-order valence-corrected chi connectivity index (χ1v) is 15.8. The van der Waals surface area contributed by atoms with E-state index < -0.39 is 11.0 Å². The molecule has 234 valence electrons. The van der Waals surface area contributed by atoms with Crippen LogP contribution < -0.4 is 4.90 Å². The summed E-state index contributed by atoms with van der Waals surface area (Å²) in [5, 5.41) is 15.2. The number of piperazine rings is 1. The fourth-order valence-electron chi connectivity index (χ4n) is 5.95. The Bertz CT molecular complexity index is 1610. The lowest BCUT2D eigenvalue weighted by Crippen LogP contribution is -2.59. The molecular weight excluding hydrogens is 602 g/mol. The molecule has 3 aromatic heterocycles. The van der Waals surface area contributed by atoms with Crippen LogP contribution in [0.25, 0.3) is 11.5 Å². The fraction of sp³-hybridized carbons (Fsp3) is 0.567. The van der Waals surface area contributed by atoms with Gasteiger partial charge in [0.25, 0.3) is 0 Å². The van der Waals surface area contributed by atoms with Gasteiger partial charge in [-0.15, -0.1) is 11.3 Å². The molecule has 2 aliphatic rings. The molecule has 1 saturated heterocycles. The SMILES string of the molecule is C[C@@H]1CN(c2cc(-c3noc([C@@]4(C)CCCc5sc(N=CN(C)C)c(C#N)c54)n3)nc(Cl)n2)C[C@H](C)N1C(=O)OC(C)(C)C. The second-order valence-corrected chi connectivity index (χ2v) is 14.3. The summed E-state index contributed by atoms with van der Waals surface area (Å²) in [6.07, 6.45) is 3.90. The van der Waals surface area contributed by atoms with Gasteiger partial charge in [0.1, 0.15) is 28.2 Å². The maximum absolute atomic E-state index is 12.9. The highest BCUT2D eigenvalue weighted by Gasteiger charge is 2.43. The van der Waals surface area contributed by atoms with Crippen molar-refractivity contribution in [3.05, 3.63) is 33.2 Å². The van der Waals surface area contributed by atoms with Crippen LogP contribution in [-0.4, -0.2) is 87.2 Å². The molecule has 1 fully saturated rings. The molecule has 12 nitrogen and oxygen atoms in total. The van der Waals surface area contributed by atoms with Gasteiger partial charge in [-0.3, -0.25) is 4.90 Å². The lowest BCUT2D eigenvalue weighted by Gasteiger charge is -2.44. The summed E-state index contributed by atoms with van der Waals surface area (Å²) in [4.78, 5) is 37.9. The van der Waals surface area contributed by atoms with Gasteiger partial charge < -0.3 is 19.1 Å². The Hall–Kier alpha value is -3.76. The summed E-state index contributed by atoms with van der Waals surface area (Å²) in [5.74, 6) is 1.30. The number of aryl methyl sites for hydroxylation is 1. The Morgan fingerprint density at radius 3 is 2.61 bits per heavy atom. The number of rotatable bonds is 5. The van der Waals surface area contributed by atoms with Crippen molar-refractivity contribution in [1.82, 2.24) is 29.9 Å². The Morgan fingerprint density at radius 1 is 1.27 bits per heavy atom. The lowest BCUT2D eigenvalue weighted by molar-refractivity contribution is 0.00560. The molecule has 0 bridgehead atoms. The summed E-state index contributed by atoms with van der Waals surface area (Å²) >= 11 is 7.96. The van der Waals surface area contributed by atoms with Crippen molar-refractivity contribution in [2.45, 2.75) is 83.9 Å². The standard InChI is InChI=1S/C30H38ClN9O3S/c1-17-14-39(15-18(2)40(17)28(41)42-29(3,4)5)22-12-20(34-27(31)35-22)24-36-26(43-37-24)30(6)11-9-10-21-23(30)19(13-32)25(44-21)33-16-38(7)8/h12,16-18H,9-11,14-15H2,1-8H3/t17-,18+,30-/m0/s1. The molecule has 4 heterocycles. The van der Waals surface area contributed by atoms with Crippen LogP contribution in [0.2, 0.25) is 5.28 Å². The van der Waals surface area contributed by atoms with Gasteiger partial charge >= 0.3 is 6.09 Å². The summed E-state index contributed by atoms with van der Waals surface area (Å²) < 4.78 is 11.5. The van der Waals surface area contributed by atoms with Crippen molar-refractivity contribution in [1.29, 1.82) is 5.26 Å². The number of aromatic nitrogens is 4. The molecule has 0 N–H and O–H groups in total. The average Bonchev–Trinajstić information content (AvgIpc) is 3.56. The zero-order valence-corrected chi connectivity index (χ0v) is 28.0. The first-order valence-electron chi connectivity index (χ1n) is 14.6. The molecule has 1 aliphatic carbocycles. The third-order valence-electron chi connectivity index (χ3n) is 7.77. The number of amides is 1. The fourth-order valence-corrected chi connectivity index (χ4v) is 7.38. The lowest BCUT2D eigenvalue weighted by atomic mass is 9.72. The number of hydrogen-bond acceptors (Lipinski definition) is 11. The van der Waals surface area contributed by atoms with E-state index in [0.717, 1.165) is 29.7 Å². The topological polar surface area (TPSA) is 137 Å². The van der Waals surface area contributed by atoms with E-state index in [4.69, 9.17) is 25.8 Å². The van der Waals surface area contributed by atoms with Gasteiger partial charge in [-0.05, 0) is 72.4 Å². The van der Waals surface area contributed by atoms with Crippen molar-refractivity contribution in [3.8, 4) is 17.6 Å². The predicted molar refractivity (Wildman–Crippen MR) is 170 cm³/mol. The maximum Gasteiger partial charge on any atom is 0.410 e. The summed E-state index contributed by atoms with van der Waals surface area (Å²) in [5.41, 5.74) is 0.640. The number of carbonyl (C=O) groups is 1. The molecule has 1 amide bonds. The molecule has 1 aliphatic heterocycles. The van der Waals surface area contributed by atoms with E-state index in [2.05, 4.69) is 31.1 Å². The number of hydrogen-bond donors (Lipinski definition) is 0. The Morgan fingerprint density at radius 2 is 1.98 bits per heavy atom. The van der Waals surface area contributed by atoms with E-state index in [9.17, 15) is 10.1 Å². The number of aliphatic imine (C=N–C) groups is 1. The first-order chi connectivity index (χ1) is 20.7. The van der Waals surface area contributed by atoms with E-state index in [1.807, 2.05) is 60.5 Å². The van der Waals surface area contributed by atoms with E-state index >= 15 is 0 Å². The highest BCUT2D eigenvalue weighted by molar-refractivity contribution is 7.16. The number of halogens is 1. The maximum atomic E-state index is 12.9. The van der Waals surface area contributed by atoms with Gasteiger partial charge in [-0.25, -0.2) is 19.8 Å². The van der Waals surface area contributed by atoms with Crippen LogP contribution in [0.5, 0.6) is 0 Å². The minimum absolute atomic E-state index is 0.0536. The molecule has 0 aromatic carbocycles. The number of thiophene rings is 1. The van der Waals surface area contributed by atoms with Gasteiger partial charge in [0, 0.05) is 43.7 Å². The van der Waals surface area contributed by atoms with Crippen molar-refractivity contribution >= 4 is 46.2 Å². The van der Waals surface area contributed by atoms with Gasteiger partial charge in [0.2, 0.25) is 17.0 Å². The monoisotopic (exact) mass is 639 g/mol. The average molecular weight is 640 g/mol. The van der Waals surface area contributed by atoms with Crippen molar-refractivity contribution < 1.29 is 14.1 Å². The van der Waals surface area contributed by atoms with Crippen LogP contribution in [0.4, 0.5) is 15.6 Å². The number of carbonyl (C=O) groups excluding carboxylic acids is 1. The van der Waals surface area contributed by atoms with Gasteiger partial charge in [-0.2, -0.15) is 10.2 Å². The van der Waals surface area contributed by atoms with Crippen LogP contribution >= 0.6 is 22.9 Å². The molecule has 0 saturated carbocycles. The highest BCUT2D eigenvalue weighted by atomic mass is 35.5. The molecule has 0 radical (unpaired) electrons. The second-order valence-electron chi connectivity index (χ2n) is 12.9. The molecule has 3 atom stereocenters. The number of nitrogens with zero attached hydrogens (tertiary/aromatic N) is 9. The van der Waals surface area contributed by atoms with E-state index in [-0.39, 0.29) is 29.3 Å². The van der Waals surface area contributed by atoms with Gasteiger partial charge in [0.05, 0.1) is 29.4 Å². The molecule has 5 rings (SSSR count). The number of anilines is 1. The molecule has 0 unspecified atom stereocenters. The number of fused-ring (bicyclic) bond motifs is 1. The number of nitriles is 1. The van der Waals surface area contributed by atoms with Crippen molar-refractivity contribution in [2.75, 3.05) is 32.1 Å². The minimum atomic E-state index is -0.658. The summed E-state index contributed by atoms with van der Waals surface area (Å²) in [7, 11) is 3.78. The van der Waals surface area contributed by atoms with Crippen LogP contribution in [0.1, 0.15) is 76.3 Å². The molecule has 44 heavy (non-hydrogen) atoms. The van der Waals surface area contributed by atoms with Crippen molar-refractivity contribution in [2.24, 2.45) is 4.99 Å². The summed E-state index contributed by atoms with van der Waals surface area (Å²) in [6, 6.07) is 3.91. The Kier molecular flexibility index (Phi) is 8.61. The molecule has 3 aromatic rings. The van der Waals surface area contributed by atoms with Crippen LogP contribution in [-0.2, 0) is 16.6 Å². The third-order valence-corrected chi connectivity index (χ3v) is 9.10. The van der Waals surface area contributed by atoms with E-state index in [0.29, 0.717) is 41.1 Å². The predicted octanol–water partition coefficient (Wildman–Crippen LogP) is 5.81. The Labute approximate surface area is 266 Å². The summed E-state index contributed by atoms with van der Waals surface area (Å²) in [6.45, 7) is 12.7. The third kappa shape index (κ3) is 6.23. The van der Waals surface area contributed by atoms with Crippen LogP contribution in [0, 0.1) is 11.3 Å². The van der Waals surface area contributed by atoms with Crippen molar-refractivity contribution in [3.63, 3.8) is 0 Å². The minimum Gasteiger partial charge on any atom is -0.444 e. The second kappa shape index (κ2) is 12.0. The first kappa shape index (κ1) is 31.7. The molecule has 14 heteroatoms. The molecule has 0 spiro atoms. The van der Waals surface area contributed by atoms with E-state index in [1.54, 1.807) is 28.6 Å². The van der Waals surface area contributed by atoms with E-state index in [1.165, 1.54) is 0 Å². The number of ether oxygens (including phenoxy) is 1. The van der Waals surface area contributed by atoms with Crippen LogP contribution in [0.3, 0.4) is 0 Å². The largest absolute Gasteiger partial charge is 0.444 e. The zero-order chi connectivity index (χ0) is 32.0. The molecular formula is C30H38ClN9O3S. The Balaban J connectivity index is 1.43. The van der Waals surface area contributed by atoms with Gasteiger partial charge in [0.15, 0.2) is 0 Å². The van der Waals surface area contributed by atoms with Crippen LogP contribution in [0.15, 0.2) is 15.6 Å². The quantitative estimate of drug-likeness (QED) is 0.191. The van der Waals surface area contributed by atoms with Gasteiger partial charge in [-0.1, -0.05) is 5.16 Å². The normalized spacial score (nSPS) is 22.2. The zero-order valence-electron chi connectivity index (χ0n) is 26.4. The highest BCUT2D eigenvalue weighted by Crippen LogP contribution is 2.50. The smallest absolute Gasteiger partial charge is 0.410 e.